The molecular weight excluding hydrogens is 368 g/mol. The van der Waals surface area contributed by atoms with Crippen molar-refractivity contribution in [2.24, 2.45) is 0 Å². The van der Waals surface area contributed by atoms with Gasteiger partial charge in [-0.3, -0.25) is 4.79 Å². The summed E-state index contributed by atoms with van der Waals surface area (Å²) in [5.74, 6) is 0.0494. The molecule has 3 rings (SSSR count). The molecule has 29 heavy (non-hydrogen) atoms. The number of aryl methyl sites for hydroxylation is 1. The number of hydrogen-bond acceptors (Lipinski definition) is 5. The maximum atomic E-state index is 12.3. The summed E-state index contributed by atoms with van der Waals surface area (Å²) in [4.78, 5) is 24.2. The Morgan fingerprint density at radius 1 is 1.07 bits per heavy atom. The first-order valence-corrected chi connectivity index (χ1v) is 9.65. The van der Waals surface area contributed by atoms with Gasteiger partial charge < -0.3 is 14.6 Å². The molecule has 150 valence electrons. The number of aromatic nitrogens is 1. The van der Waals surface area contributed by atoms with Crippen molar-refractivity contribution < 1.29 is 18.8 Å². The molecule has 0 bridgehead atoms. The Morgan fingerprint density at radius 2 is 1.79 bits per heavy atom. The zero-order valence-corrected chi connectivity index (χ0v) is 16.6. The van der Waals surface area contributed by atoms with Crippen molar-refractivity contribution in [1.82, 2.24) is 5.16 Å². The molecule has 1 amide bonds. The molecule has 0 aliphatic rings. The van der Waals surface area contributed by atoms with Gasteiger partial charge in [0.25, 0.3) is 0 Å². The largest absolute Gasteiger partial charge is 0.462 e. The smallest absolute Gasteiger partial charge is 0.338 e. The molecule has 1 N–H and O–H groups in total. The first-order chi connectivity index (χ1) is 14.0. The van der Waals surface area contributed by atoms with Gasteiger partial charge >= 0.3 is 5.97 Å². The molecule has 0 atom stereocenters. The molecule has 0 unspecified atom stereocenters. The lowest BCUT2D eigenvalue weighted by atomic mass is 10.1. The lowest BCUT2D eigenvalue weighted by Crippen LogP contribution is -2.14. The lowest BCUT2D eigenvalue weighted by Gasteiger charge is -2.06. The predicted molar refractivity (Wildman–Crippen MR) is 111 cm³/mol. The first-order valence-electron chi connectivity index (χ1n) is 9.65. The highest BCUT2D eigenvalue weighted by molar-refractivity contribution is 5.93. The van der Waals surface area contributed by atoms with Gasteiger partial charge in [0.15, 0.2) is 5.76 Å². The molecule has 0 fully saturated rings. The van der Waals surface area contributed by atoms with E-state index in [9.17, 15) is 9.59 Å². The molecule has 2 aromatic carbocycles. The molecule has 0 saturated heterocycles. The lowest BCUT2D eigenvalue weighted by molar-refractivity contribution is -0.115. The van der Waals surface area contributed by atoms with Gasteiger partial charge in [-0.2, -0.15) is 0 Å². The predicted octanol–water partition coefficient (Wildman–Crippen LogP) is 4.79. The minimum Gasteiger partial charge on any atom is -0.462 e. The third-order valence-electron chi connectivity index (χ3n) is 4.37. The number of carbonyl (C=O) groups excluding carboxylic acids is 2. The average Bonchev–Trinajstić information content (AvgIpc) is 3.17. The topological polar surface area (TPSA) is 81.4 Å². The maximum absolute atomic E-state index is 12.3. The summed E-state index contributed by atoms with van der Waals surface area (Å²) in [7, 11) is 0. The van der Waals surface area contributed by atoms with E-state index in [1.807, 2.05) is 38.1 Å². The zero-order chi connectivity index (χ0) is 20.6. The Balaban J connectivity index is 1.54. The van der Waals surface area contributed by atoms with Gasteiger partial charge in [0.05, 0.1) is 24.3 Å². The number of anilines is 1. The van der Waals surface area contributed by atoms with Gasteiger partial charge in [-0.25, -0.2) is 4.79 Å². The van der Waals surface area contributed by atoms with Crippen LogP contribution in [-0.2, 0) is 16.0 Å². The Morgan fingerprint density at radius 3 is 2.48 bits per heavy atom. The fourth-order valence-corrected chi connectivity index (χ4v) is 2.70. The highest BCUT2D eigenvalue weighted by Gasteiger charge is 2.12. The third-order valence-corrected chi connectivity index (χ3v) is 4.37. The Kier molecular flexibility index (Phi) is 6.79. The molecule has 0 aliphatic carbocycles. The molecule has 1 heterocycles. The number of unbranched alkanes of at least 4 members (excludes halogenated alkanes) is 1. The molecule has 0 saturated carbocycles. The normalized spacial score (nSPS) is 10.6. The van der Waals surface area contributed by atoms with E-state index < -0.39 is 0 Å². The highest BCUT2D eigenvalue weighted by Crippen LogP contribution is 2.21. The Labute approximate surface area is 169 Å². The van der Waals surface area contributed by atoms with Crippen LogP contribution in [0.5, 0.6) is 0 Å². The van der Waals surface area contributed by atoms with Crippen LogP contribution in [0.15, 0.2) is 59.1 Å². The summed E-state index contributed by atoms with van der Waals surface area (Å²) < 4.78 is 10.5. The van der Waals surface area contributed by atoms with Gasteiger partial charge in [-0.15, -0.1) is 0 Å². The van der Waals surface area contributed by atoms with Crippen molar-refractivity contribution in [2.75, 3.05) is 11.9 Å². The number of hydrogen-bond donors (Lipinski definition) is 1. The molecular formula is C23H24N2O4. The first kappa shape index (κ1) is 20.3. The minimum atomic E-state index is -0.359. The van der Waals surface area contributed by atoms with E-state index >= 15 is 0 Å². The summed E-state index contributed by atoms with van der Waals surface area (Å²) in [6.45, 7) is 4.46. The maximum Gasteiger partial charge on any atom is 0.338 e. The number of amides is 1. The number of esters is 1. The second-order valence-corrected chi connectivity index (χ2v) is 6.84. The number of carbonyl (C=O) groups is 2. The summed E-state index contributed by atoms with van der Waals surface area (Å²) in [5.41, 5.74) is 3.68. The van der Waals surface area contributed by atoms with Crippen LogP contribution in [0.1, 0.15) is 41.4 Å². The van der Waals surface area contributed by atoms with E-state index in [4.69, 9.17) is 9.26 Å². The van der Waals surface area contributed by atoms with E-state index in [-0.39, 0.29) is 18.3 Å². The fraction of sp³-hybridized carbons (Fsp3) is 0.261. The molecule has 3 aromatic rings. The van der Waals surface area contributed by atoms with Crippen molar-refractivity contribution in [1.29, 1.82) is 0 Å². The van der Waals surface area contributed by atoms with Gasteiger partial charge in [0.1, 0.15) is 0 Å². The van der Waals surface area contributed by atoms with Crippen LogP contribution in [-0.4, -0.2) is 23.6 Å². The number of benzene rings is 2. The molecule has 0 aliphatic heterocycles. The minimum absolute atomic E-state index is 0.0934. The van der Waals surface area contributed by atoms with Crippen molar-refractivity contribution in [3.8, 4) is 11.3 Å². The van der Waals surface area contributed by atoms with E-state index in [0.29, 0.717) is 29.3 Å². The van der Waals surface area contributed by atoms with Gasteiger partial charge in [-0.1, -0.05) is 48.3 Å². The number of rotatable bonds is 8. The van der Waals surface area contributed by atoms with Crippen LogP contribution >= 0.6 is 0 Å². The van der Waals surface area contributed by atoms with E-state index in [1.165, 1.54) is 0 Å². The van der Waals surface area contributed by atoms with Crippen LogP contribution < -0.4 is 5.32 Å². The van der Waals surface area contributed by atoms with Crippen LogP contribution in [0.25, 0.3) is 11.3 Å². The highest BCUT2D eigenvalue weighted by atomic mass is 16.5. The van der Waals surface area contributed by atoms with E-state index in [1.54, 1.807) is 30.3 Å². The van der Waals surface area contributed by atoms with Crippen molar-refractivity contribution in [2.45, 2.75) is 33.1 Å². The SMILES string of the molecule is CCCCOC(=O)c1ccc(NC(=O)Cc2cc(-c3ccc(C)cc3)on2)cc1. The Bertz CT molecular complexity index is 959. The standard InChI is InChI=1S/C23H24N2O4/c1-3-4-13-28-23(27)18-9-11-19(12-10-18)24-22(26)15-20-14-21(29-25-20)17-7-5-16(2)6-8-17/h5-12,14H,3-4,13,15H2,1-2H3,(H,24,26). The van der Waals surface area contributed by atoms with Gasteiger partial charge in [0, 0.05) is 17.3 Å². The van der Waals surface area contributed by atoms with Gasteiger partial charge in [0.2, 0.25) is 5.91 Å². The van der Waals surface area contributed by atoms with E-state index in [2.05, 4.69) is 10.5 Å². The summed E-state index contributed by atoms with van der Waals surface area (Å²) >= 11 is 0. The fourth-order valence-electron chi connectivity index (χ4n) is 2.70. The summed E-state index contributed by atoms with van der Waals surface area (Å²) in [5, 5.41) is 6.77. The molecule has 0 spiro atoms. The molecule has 6 nitrogen and oxygen atoms in total. The average molecular weight is 392 g/mol. The summed E-state index contributed by atoms with van der Waals surface area (Å²) in [6.07, 6.45) is 1.90. The monoisotopic (exact) mass is 392 g/mol. The summed E-state index contributed by atoms with van der Waals surface area (Å²) in [6, 6.07) is 16.3. The second-order valence-electron chi connectivity index (χ2n) is 6.84. The number of nitrogens with one attached hydrogen (secondary N) is 1. The zero-order valence-electron chi connectivity index (χ0n) is 16.6. The molecule has 6 heteroatoms. The number of ether oxygens (including phenoxy) is 1. The van der Waals surface area contributed by atoms with E-state index in [0.717, 1.165) is 24.0 Å². The third kappa shape index (κ3) is 5.78. The van der Waals surface area contributed by atoms with Crippen LogP contribution in [0.3, 0.4) is 0 Å². The van der Waals surface area contributed by atoms with Crippen molar-refractivity contribution in [3.05, 3.63) is 71.4 Å². The second kappa shape index (κ2) is 9.68. The van der Waals surface area contributed by atoms with Crippen molar-refractivity contribution >= 4 is 17.6 Å². The number of nitrogens with zero attached hydrogens (tertiary/aromatic N) is 1. The Hall–Kier alpha value is -3.41. The van der Waals surface area contributed by atoms with Crippen LogP contribution in [0.4, 0.5) is 5.69 Å². The van der Waals surface area contributed by atoms with Crippen molar-refractivity contribution in [3.63, 3.8) is 0 Å². The molecule has 1 aromatic heterocycles. The molecule has 0 radical (unpaired) electrons. The van der Waals surface area contributed by atoms with Crippen LogP contribution in [0, 0.1) is 6.92 Å². The quantitative estimate of drug-likeness (QED) is 0.440. The van der Waals surface area contributed by atoms with Crippen LogP contribution in [0.2, 0.25) is 0 Å². The van der Waals surface area contributed by atoms with Gasteiger partial charge in [-0.05, 0) is 37.6 Å².